The van der Waals surface area contributed by atoms with Gasteiger partial charge in [-0.1, -0.05) is 13.3 Å². The average Bonchev–Trinajstić information content (AvgIpc) is 3.01. The SMILES string of the molecule is CC1CCCC(OC(=O)CNCC2CC2)C1. The molecule has 2 rings (SSSR count). The number of ether oxygens (including phenoxy) is 1. The predicted octanol–water partition coefficient (Wildman–Crippen LogP) is 2.11. The second kappa shape index (κ2) is 5.67. The summed E-state index contributed by atoms with van der Waals surface area (Å²) in [6.07, 6.45) is 7.42. The number of nitrogens with one attached hydrogen (secondary N) is 1. The van der Waals surface area contributed by atoms with Crippen molar-refractivity contribution in [3.63, 3.8) is 0 Å². The minimum Gasteiger partial charge on any atom is -0.461 e. The van der Waals surface area contributed by atoms with Crippen molar-refractivity contribution in [2.24, 2.45) is 11.8 Å². The maximum atomic E-state index is 11.5. The highest BCUT2D eigenvalue weighted by atomic mass is 16.5. The summed E-state index contributed by atoms with van der Waals surface area (Å²) in [4.78, 5) is 11.5. The molecule has 0 aromatic heterocycles. The van der Waals surface area contributed by atoms with Crippen LogP contribution in [0.3, 0.4) is 0 Å². The zero-order chi connectivity index (χ0) is 11.4. The Labute approximate surface area is 97.9 Å². The topological polar surface area (TPSA) is 38.3 Å². The van der Waals surface area contributed by atoms with Gasteiger partial charge in [0, 0.05) is 0 Å². The summed E-state index contributed by atoms with van der Waals surface area (Å²) >= 11 is 0. The molecule has 1 N–H and O–H groups in total. The van der Waals surface area contributed by atoms with E-state index < -0.39 is 0 Å². The molecule has 2 atom stereocenters. The predicted molar refractivity (Wildman–Crippen MR) is 63.1 cm³/mol. The lowest BCUT2D eigenvalue weighted by Crippen LogP contribution is -2.31. The first-order valence-corrected chi connectivity index (χ1v) is 6.64. The molecule has 0 aromatic rings. The molecule has 3 nitrogen and oxygen atoms in total. The third-order valence-electron chi connectivity index (χ3n) is 3.59. The average molecular weight is 225 g/mol. The van der Waals surface area contributed by atoms with Gasteiger partial charge in [0.1, 0.15) is 6.10 Å². The van der Waals surface area contributed by atoms with E-state index in [-0.39, 0.29) is 12.1 Å². The normalized spacial score (nSPS) is 30.1. The molecule has 3 heteroatoms. The minimum absolute atomic E-state index is 0.0697. The number of esters is 1. The van der Waals surface area contributed by atoms with E-state index in [1.807, 2.05) is 0 Å². The Morgan fingerprint density at radius 1 is 1.31 bits per heavy atom. The van der Waals surface area contributed by atoms with E-state index in [2.05, 4.69) is 12.2 Å². The Balaban J connectivity index is 1.57. The summed E-state index contributed by atoms with van der Waals surface area (Å²) in [5.74, 6) is 1.47. The molecule has 0 spiro atoms. The monoisotopic (exact) mass is 225 g/mol. The fourth-order valence-corrected chi connectivity index (χ4v) is 2.41. The molecule has 0 bridgehead atoms. The van der Waals surface area contributed by atoms with Crippen molar-refractivity contribution in [2.45, 2.75) is 51.6 Å². The van der Waals surface area contributed by atoms with Gasteiger partial charge >= 0.3 is 5.97 Å². The van der Waals surface area contributed by atoms with Crippen LogP contribution in [-0.4, -0.2) is 25.2 Å². The first-order valence-electron chi connectivity index (χ1n) is 6.64. The zero-order valence-corrected chi connectivity index (χ0v) is 10.2. The number of carbonyl (C=O) groups excluding carboxylic acids is 1. The van der Waals surface area contributed by atoms with Crippen LogP contribution in [0.4, 0.5) is 0 Å². The molecule has 16 heavy (non-hydrogen) atoms. The second-order valence-corrected chi connectivity index (χ2v) is 5.46. The van der Waals surface area contributed by atoms with Gasteiger partial charge in [-0.25, -0.2) is 0 Å². The molecule has 2 unspecified atom stereocenters. The Bertz CT molecular complexity index is 238. The molecule has 2 saturated carbocycles. The van der Waals surface area contributed by atoms with Crippen LogP contribution < -0.4 is 5.32 Å². The number of rotatable bonds is 5. The summed E-state index contributed by atoms with van der Waals surface area (Å²) in [6.45, 7) is 3.61. The van der Waals surface area contributed by atoms with E-state index >= 15 is 0 Å². The minimum atomic E-state index is -0.0697. The zero-order valence-electron chi connectivity index (χ0n) is 10.2. The summed E-state index contributed by atoms with van der Waals surface area (Å²) in [5, 5.41) is 3.17. The fourth-order valence-electron chi connectivity index (χ4n) is 2.41. The Hall–Kier alpha value is -0.570. The molecule has 0 heterocycles. The number of hydrogen-bond donors (Lipinski definition) is 1. The molecule has 2 aliphatic rings. The highest BCUT2D eigenvalue weighted by Gasteiger charge is 2.23. The maximum Gasteiger partial charge on any atom is 0.320 e. The first kappa shape index (κ1) is 11.9. The molecule has 0 amide bonds. The maximum absolute atomic E-state index is 11.5. The van der Waals surface area contributed by atoms with Crippen LogP contribution in [0.1, 0.15) is 45.4 Å². The van der Waals surface area contributed by atoms with E-state index in [9.17, 15) is 4.79 Å². The van der Waals surface area contributed by atoms with Gasteiger partial charge in [-0.2, -0.15) is 0 Å². The lowest BCUT2D eigenvalue weighted by molar-refractivity contribution is -0.150. The van der Waals surface area contributed by atoms with Crippen molar-refractivity contribution in [1.82, 2.24) is 5.32 Å². The van der Waals surface area contributed by atoms with Gasteiger partial charge in [0.15, 0.2) is 0 Å². The Kier molecular flexibility index (Phi) is 4.22. The van der Waals surface area contributed by atoms with Crippen molar-refractivity contribution in [3.8, 4) is 0 Å². The van der Waals surface area contributed by atoms with E-state index in [1.54, 1.807) is 0 Å². The van der Waals surface area contributed by atoms with Crippen molar-refractivity contribution < 1.29 is 9.53 Å². The largest absolute Gasteiger partial charge is 0.461 e. The highest BCUT2D eigenvalue weighted by molar-refractivity contribution is 5.71. The second-order valence-electron chi connectivity index (χ2n) is 5.46. The summed E-state index contributed by atoms with van der Waals surface area (Å²) in [6, 6.07) is 0. The van der Waals surface area contributed by atoms with Crippen molar-refractivity contribution in [3.05, 3.63) is 0 Å². The standard InChI is InChI=1S/C13H23NO2/c1-10-3-2-4-12(7-10)16-13(15)9-14-8-11-5-6-11/h10-12,14H,2-9H2,1H3. The first-order chi connectivity index (χ1) is 7.74. The summed E-state index contributed by atoms with van der Waals surface area (Å²) in [7, 11) is 0. The molecular weight excluding hydrogens is 202 g/mol. The van der Waals surface area contributed by atoms with E-state index in [1.165, 1.54) is 25.7 Å². The molecule has 0 radical (unpaired) electrons. The van der Waals surface area contributed by atoms with Crippen LogP contribution in [0.2, 0.25) is 0 Å². The summed E-state index contributed by atoms with van der Waals surface area (Å²) < 4.78 is 5.46. The van der Waals surface area contributed by atoms with Gasteiger partial charge in [0.2, 0.25) is 0 Å². The van der Waals surface area contributed by atoms with Gasteiger partial charge in [0.25, 0.3) is 0 Å². The van der Waals surface area contributed by atoms with Gasteiger partial charge in [0.05, 0.1) is 6.54 Å². The van der Waals surface area contributed by atoms with Crippen LogP contribution >= 0.6 is 0 Å². The molecule has 0 saturated heterocycles. The van der Waals surface area contributed by atoms with Crippen LogP contribution in [0.15, 0.2) is 0 Å². The third kappa shape index (κ3) is 4.12. The fraction of sp³-hybridized carbons (Fsp3) is 0.923. The smallest absolute Gasteiger partial charge is 0.320 e. The Morgan fingerprint density at radius 3 is 2.81 bits per heavy atom. The van der Waals surface area contributed by atoms with E-state index in [4.69, 9.17) is 4.74 Å². The van der Waals surface area contributed by atoms with E-state index in [0.717, 1.165) is 25.3 Å². The van der Waals surface area contributed by atoms with Gasteiger partial charge in [-0.3, -0.25) is 4.79 Å². The lowest BCUT2D eigenvalue weighted by Gasteiger charge is -2.26. The van der Waals surface area contributed by atoms with Crippen molar-refractivity contribution in [2.75, 3.05) is 13.1 Å². The van der Waals surface area contributed by atoms with E-state index in [0.29, 0.717) is 12.5 Å². The summed E-state index contributed by atoms with van der Waals surface area (Å²) in [5.41, 5.74) is 0. The molecule has 92 valence electrons. The number of carbonyl (C=O) groups is 1. The van der Waals surface area contributed by atoms with Crippen LogP contribution in [0.25, 0.3) is 0 Å². The van der Waals surface area contributed by atoms with Crippen molar-refractivity contribution >= 4 is 5.97 Å². The molecule has 0 aromatic carbocycles. The van der Waals surface area contributed by atoms with Crippen LogP contribution in [0.5, 0.6) is 0 Å². The van der Waals surface area contributed by atoms with Crippen LogP contribution in [-0.2, 0) is 9.53 Å². The van der Waals surface area contributed by atoms with Gasteiger partial charge in [-0.05, 0) is 50.5 Å². The molecular formula is C13H23NO2. The van der Waals surface area contributed by atoms with Crippen LogP contribution in [0, 0.1) is 11.8 Å². The quantitative estimate of drug-likeness (QED) is 0.728. The highest BCUT2D eigenvalue weighted by Crippen LogP contribution is 2.27. The Morgan fingerprint density at radius 2 is 2.12 bits per heavy atom. The molecule has 0 aliphatic heterocycles. The molecule has 2 aliphatic carbocycles. The molecule has 2 fully saturated rings. The third-order valence-corrected chi connectivity index (χ3v) is 3.59. The lowest BCUT2D eigenvalue weighted by atomic mass is 9.89. The number of hydrogen-bond acceptors (Lipinski definition) is 3. The van der Waals surface area contributed by atoms with Gasteiger partial charge in [-0.15, -0.1) is 0 Å². The van der Waals surface area contributed by atoms with Gasteiger partial charge < -0.3 is 10.1 Å². The van der Waals surface area contributed by atoms with Crippen molar-refractivity contribution in [1.29, 1.82) is 0 Å².